The lowest BCUT2D eigenvalue weighted by Crippen LogP contribution is -2.26. The highest BCUT2D eigenvalue weighted by Crippen LogP contribution is 2.41. The Labute approximate surface area is 657 Å². The molecule has 12 heteroatoms. The standard InChI is InChI=1S/C57H66O9.C42H42O3/c1-12-14-16-21-28-45-37-42(32-34-44-27-23-24-30-49(44)61-52(58)64-55(3,4)5)39-48(51(45)63-54(60)66-57(9,10)11)36-33-43-38-46(29-22-17-15-13-2)50(62-53(59)65-56(6,7)8)47(40-43)35-31-41-25-19-18-20-26-41;1-3-5-7-10-19-31-22-33(39-26-30-18-14-15-21-37(30)43-39)24-36-28-40(45-42(31)36)34-23-32(20-11-8-6-4-2)41-35(25-34)27-38(44-41)29-16-12-9-13-17-29/h18-20,23-27,30,37-40H,12-17,21-22,28-29H2,1-11H3;9,12-18,21-28H,3-8,10-11,19-20H2,1-2H3. The number of hydrogen-bond donors (Lipinski definition) is 0. The molecule has 0 bridgehead atoms. The number of carbonyl (C=O) groups excluding carboxylic acids is 3. The monoisotopic (exact) mass is 1490 g/mol. The number of ether oxygens (including phenoxy) is 6. The summed E-state index contributed by atoms with van der Waals surface area (Å²) >= 11 is 0. The lowest BCUT2D eigenvalue weighted by molar-refractivity contribution is 0.0190. The summed E-state index contributed by atoms with van der Waals surface area (Å²) in [5, 5.41) is 3.37. The molecule has 0 aliphatic rings. The third-order valence-electron chi connectivity index (χ3n) is 18.4. The van der Waals surface area contributed by atoms with Crippen molar-refractivity contribution >= 4 is 51.4 Å². The van der Waals surface area contributed by atoms with Crippen LogP contribution >= 0.6 is 0 Å². The van der Waals surface area contributed by atoms with Crippen molar-refractivity contribution in [2.75, 3.05) is 0 Å². The molecule has 12 nitrogen and oxygen atoms in total. The van der Waals surface area contributed by atoms with E-state index >= 15 is 0 Å². The van der Waals surface area contributed by atoms with Gasteiger partial charge in [-0.2, -0.15) is 0 Å². The second kappa shape index (κ2) is 39.5. The molecular formula is C99H108O12. The average Bonchev–Trinajstić information content (AvgIpc) is 1.63. The summed E-state index contributed by atoms with van der Waals surface area (Å²) in [5.41, 5.74) is 11.2. The minimum atomic E-state index is -0.858. The normalized spacial score (nSPS) is 11.4. The Balaban J connectivity index is 0.000000252. The van der Waals surface area contributed by atoms with E-state index in [1.54, 1.807) is 98.7 Å². The van der Waals surface area contributed by atoms with Crippen molar-refractivity contribution in [1.29, 1.82) is 0 Å². The lowest BCUT2D eigenvalue weighted by Gasteiger charge is -2.20. The molecule has 3 aromatic heterocycles. The molecule has 0 radical (unpaired) electrons. The number of aryl methyl sites for hydroxylation is 4. The van der Waals surface area contributed by atoms with E-state index in [2.05, 4.69) is 142 Å². The molecule has 0 fully saturated rings. The molecule has 3 heterocycles. The van der Waals surface area contributed by atoms with Crippen LogP contribution in [0.5, 0.6) is 17.2 Å². The molecule has 8 aromatic carbocycles. The molecule has 11 rings (SSSR count). The SMILES string of the molecule is CCCCCCc1cc(-c2cc3ccccc3o2)cc2cc(-c3cc(CCCCCC)c4oc(-c5ccccc5)cc4c3)oc12.CCCCCCc1cc(C#Cc2cc(C#Cc3ccccc3OC(=O)OC(C)(C)C)cc(CCCCCC)c2OC(=O)OC(C)(C)C)cc(C#Cc2ccccc2)c1OC(=O)OC(C)(C)C. The Kier molecular flexibility index (Phi) is 29.3. The highest BCUT2D eigenvalue weighted by Gasteiger charge is 2.26. The maximum Gasteiger partial charge on any atom is 0.514 e. The molecule has 111 heavy (non-hydrogen) atoms. The van der Waals surface area contributed by atoms with E-state index < -0.39 is 35.3 Å². The zero-order valence-electron chi connectivity index (χ0n) is 67.3. The van der Waals surface area contributed by atoms with Crippen molar-refractivity contribution < 1.29 is 56.1 Å². The van der Waals surface area contributed by atoms with Gasteiger partial charge in [-0.15, -0.1) is 0 Å². The van der Waals surface area contributed by atoms with Crippen LogP contribution in [0.2, 0.25) is 0 Å². The van der Waals surface area contributed by atoms with Gasteiger partial charge in [-0.25, -0.2) is 14.4 Å². The largest absolute Gasteiger partial charge is 0.514 e. The summed E-state index contributed by atoms with van der Waals surface area (Å²) in [6.07, 6.45) is 18.2. The molecule has 0 aliphatic heterocycles. The van der Waals surface area contributed by atoms with Gasteiger partial charge in [-0.3, -0.25) is 0 Å². The quantitative estimate of drug-likeness (QED) is 0.0167. The first-order chi connectivity index (χ1) is 53.4. The fourth-order valence-corrected chi connectivity index (χ4v) is 13.1. The molecule has 0 amide bonds. The number of unbranched alkanes of at least 4 members (excludes halogenated alkanes) is 12. The van der Waals surface area contributed by atoms with Gasteiger partial charge in [0, 0.05) is 49.5 Å². The van der Waals surface area contributed by atoms with Gasteiger partial charge in [-0.05, 0) is 233 Å². The minimum Gasteiger partial charge on any atom is -0.456 e. The summed E-state index contributed by atoms with van der Waals surface area (Å²) in [5.74, 6) is 23.1. The van der Waals surface area contributed by atoms with E-state index in [4.69, 9.17) is 41.7 Å². The zero-order valence-corrected chi connectivity index (χ0v) is 67.3. The predicted molar refractivity (Wildman–Crippen MR) is 448 cm³/mol. The molecule has 0 N–H and O–H groups in total. The minimum absolute atomic E-state index is 0.250. The van der Waals surface area contributed by atoms with Crippen LogP contribution in [0.25, 0.3) is 66.9 Å². The third kappa shape index (κ3) is 24.9. The third-order valence-corrected chi connectivity index (χ3v) is 18.4. The van der Waals surface area contributed by atoms with Crippen molar-refractivity contribution in [2.45, 2.75) is 235 Å². The van der Waals surface area contributed by atoms with Crippen molar-refractivity contribution in [3.8, 4) is 86.7 Å². The van der Waals surface area contributed by atoms with Gasteiger partial charge in [0.05, 0.1) is 16.7 Å². The van der Waals surface area contributed by atoms with E-state index in [0.717, 1.165) is 161 Å². The zero-order chi connectivity index (χ0) is 78.9. The van der Waals surface area contributed by atoms with Crippen molar-refractivity contribution in [3.63, 3.8) is 0 Å². The number of benzene rings is 8. The summed E-state index contributed by atoms with van der Waals surface area (Å²) in [7, 11) is 0. The number of rotatable bonds is 26. The molecule has 0 saturated heterocycles. The Morgan fingerprint density at radius 1 is 0.315 bits per heavy atom. The predicted octanol–water partition coefficient (Wildman–Crippen LogP) is 27.2. The van der Waals surface area contributed by atoms with Gasteiger partial charge in [0.15, 0.2) is 11.5 Å². The lowest BCUT2D eigenvalue weighted by atomic mass is 9.97. The molecule has 11 aromatic rings. The number of para-hydroxylation sites is 2. The second-order valence-electron chi connectivity index (χ2n) is 31.4. The van der Waals surface area contributed by atoms with Crippen LogP contribution in [0, 0.1) is 35.5 Å². The first kappa shape index (κ1) is 82.4. The maximum atomic E-state index is 13.4. The molecule has 0 saturated carbocycles. The summed E-state index contributed by atoms with van der Waals surface area (Å²) in [6, 6.07) is 58.1. The fraction of sp³-hybridized carbons (Fsp3) is 0.364. The molecule has 0 aliphatic carbocycles. The molecule has 0 unspecified atom stereocenters. The van der Waals surface area contributed by atoms with E-state index in [1.807, 2.05) is 60.7 Å². The fourth-order valence-electron chi connectivity index (χ4n) is 13.1. The van der Waals surface area contributed by atoms with E-state index in [0.29, 0.717) is 46.4 Å². The maximum absolute atomic E-state index is 13.4. The Morgan fingerprint density at radius 3 is 1.15 bits per heavy atom. The smallest absolute Gasteiger partial charge is 0.456 e. The van der Waals surface area contributed by atoms with E-state index in [1.165, 1.54) is 49.7 Å². The van der Waals surface area contributed by atoms with E-state index in [9.17, 15) is 14.4 Å². The highest BCUT2D eigenvalue weighted by atomic mass is 16.7. The Hall–Kier alpha value is -11.1. The van der Waals surface area contributed by atoms with Gasteiger partial charge in [0.1, 0.15) is 56.6 Å². The average molecular weight is 1490 g/mol. The van der Waals surface area contributed by atoms with Gasteiger partial charge < -0.3 is 41.7 Å². The van der Waals surface area contributed by atoms with Crippen molar-refractivity contribution in [1.82, 2.24) is 0 Å². The van der Waals surface area contributed by atoms with Gasteiger partial charge in [-0.1, -0.05) is 219 Å². The Morgan fingerprint density at radius 2 is 0.694 bits per heavy atom. The summed E-state index contributed by atoms with van der Waals surface area (Å²) in [6.45, 7) is 24.8. The first-order valence-electron chi connectivity index (χ1n) is 39.9. The van der Waals surface area contributed by atoms with Crippen LogP contribution in [-0.4, -0.2) is 35.3 Å². The summed E-state index contributed by atoms with van der Waals surface area (Å²) in [4.78, 5) is 39.2. The summed E-state index contributed by atoms with van der Waals surface area (Å²) < 4.78 is 53.8. The molecular weight excluding hydrogens is 1380 g/mol. The van der Waals surface area contributed by atoms with Crippen LogP contribution in [0.15, 0.2) is 189 Å². The van der Waals surface area contributed by atoms with E-state index in [-0.39, 0.29) is 11.5 Å². The number of fused-ring (bicyclic) bond motifs is 3. The number of furan rings is 3. The highest BCUT2D eigenvalue weighted by molar-refractivity contribution is 5.94. The van der Waals surface area contributed by atoms with Crippen molar-refractivity contribution in [3.05, 3.63) is 232 Å². The number of carbonyl (C=O) groups is 3. The second-order valence-corrected chi connectivity index (χ2v) is 31.4. The Bertz CT molecular complexity index is 5130. The van der Waals surface area contributed by atoms with Gasteiger partial charge in [0.2, 0.25) is 0 Å². The van der Waals surface area contributed by atoms with Crippen LogP contribution in [0.1, 0.15) is 248 Å². The molecule has 0 spiro atoms. The van der Waals surface area contributed by atoms with Crippen molar-refractivity contribution in [2.24, 2.45) is 0 Å². The van der Waals surface area contributed by atoms with Gasteiger partial charge >= 0.3 is 18.5 Å². The topological polar surface area (TPSA) is 146 Å². The van der Waals surface area contributed by atoms with Crippen LogP contribution in [-0.2, 0) is 39.9 Å². The molecule has 0 atom stereocenters. The molecule has 576 valence electrons. The van der Waals surface area contributed by atoms with Crippen LogP contribution in [0.4, 0.5) is 14.4 Å². The van der Waals surface area contributed by atoms with Crippen LogP contribution in [0.3, 0.4) is 0 Å². The van der Waals surface area contributed by atoms with Crippen LogP contribution < -0.4 is 14.2 Å². The number of hydrogen-bond acceptors (Lipinski definition) is 12. The first-order valence-corrected chi connectivity index (χ1v) is 39.9. The van der Waals surface area contributed by atoms with Gasteiger partial charge in [0.25, 0.3) is 0 Å².